The van der Waals surface area contributed by atoms with Crippen molar-refractivity contribution in [1.82, 2.24) is 0 Å². The maximum Gasteiger partial charge on any atom is 0.169 e. The number of hydrogen-bond donors (Lipinski definition) is 2. The number of aliphatic hydroxyl groups is 1. The first-order valence-electron chi connectivity index (χ1n) is 6.46. The van der Waals surface area contributed by atoms with Gasteiger partial charge in [-0.25, -0.2) is 0 Å². The van der Waals surface area contributed by atoms with Crippen molar-refractivity contribution in [3.63, 3.8) is 0 Å². The van der Waals surface area contributed by atoms with Crippen LogP contribution in [0.15, 0.2) is 42.5 Å². The van der Waals surface area contributed by atoms with E-state index in [1.54, 1.807) is 25.3 Å². The van der Waals surface area contributed by atoms with E-state index in [9.17, 15) is 0 Å². The SMILES string of the molecule is COc1cc(CO)ccc1Oc1ccccc1[C@H](C)N. The van der Waals surface area contributed by atoms with E-state index in [1.165, 1.54) is 0 Å². The Bertz CT molecular complexity index is 582. The number of aliphatic hydroxyl groups excluding tert-OH is 1. The lowest BCUT2D eigenvalue weighted by Gasteiger charge is -2.15. The Morgan fingerprint density at radius 1 is 1.10 bits per heavy atom. The second-order valence-corrected chi connectivity index (χ2v) is 4.57. The van der Waals surface area contributed by atoms with Crippen molar-refractivity contribution in [2.45, 2.75) is 19.6 Å². The van der Waals surface area contributed by atoms with Crippen LogP contribution in [0.1, 0.15) is 24.1 Å². The van der Waals surface area contributed by atoms with E-state index in [0.717, 1.165) is 11.1 Å². The van der Waals surface area contributed by atoms with E-state index >= 15 is 0 Å². The normalized spacial score (nSPS) is 12.0. The van der Waals surface area contributed by atoms with Crippen LogP contribution in [0.2, 0.25) is 0 Å². The summed E-state index contributed by atoms with van der Waals surface area (Å²) < 4.78 is 11.2. The molecule has 2 rings (SSSR count). The van der Waals surface area contributed by atoms with Gasteiger partial charge in [0.05, 0.1) is 13.7 Å². The number of hydrogen-bond acceptors (Lipinski definition) is 4. The first-order valence-corrected chi connectivity index (χ1v) is 6.46. The molecule has 1 atom stereocenters. The zero-order valence-corrected chi connectivity index (χ0v) is 11.7. The zero-order valence-electron chi connectivity index (χ0n) is 11.7. The monoisotopic (exact) mass is 273 g/mol. The van der Waals surface area contributed by atoms with Crippen LogP contribution in [0, 0.1) is 0 Å². The molecule has 20 heavy (non-hydrogen) atoms. The molecule has 4 nitrogen and oxygen atoms in total. The number of rotatable bonds is 5. The van der Waals surface area contributed by atoms with Gasteiger partial charge < -0.3 is 20.3 Å². The third-order valence-corrected chi connectivity index (χ3v) is 3.04. The zero-order chi connectivity index (χ0) is 14.5. The van der Waals surface area contributed by atoms with Crippen molar-refractivity contribution >= 4 is 0 Å². The van der Waals surface area contributed by atoms with Crippen molar-refractivity contribution in [1.29, 1.82) is 0 Å². The molecule has 4 heteroatoms. The highest BCUT2D eigenvalue weighted by atomic mass is 16.5. The Hall–Kier alpha value is -2.04. The molecule has 0 heterocycles. The molecule has 0 saturated carbocycles. The minimum absolute atomic E-state index is 0.0347. The number of methoxy groups -OCH3 is 1. The Kier molecular flexibility index (Phi) is 4.61. The molecular weight excluding hydrogens is 254 g/mol. The molecule has 0 aliphatic heterocycles. The van der Waals surface area contributed by atoms with Gasteiger partial charge in [-0.15, -0.1) is 0 Å². The molecule has 0 spiro atoms. The van der Waals surface area contributed by atoms with E-state index in [-0.39, 0.29) is 12.6 Å². The van der Waals surface area contributed by atoms with Crippen LogP contribution in [0.3, 0.4) is 0 Å². The molecule has 2 aromatic carbocycles. The summed E-state index contributed by atoms with van der Waals surface area (Å²) in [4.78, 5) is 0. The minimum Gasteiger partial charge on any atom is -0.493 e. The molecule has 0 aromatic heterocycles. The average molecular weight is 273 g/mol. The predicted molar refractivity (Wildman–Crippen MR) is 78.0 cm³/mol. The number of benzene rings is 2. The third kappa shape index (κ3) is 3.10. The summed E-state index contributed by atoms with van der Waals surface area (Å²) in [6, 6.07) is 12.9. The van der Waals surface area contributed by atoms with Crippen LogP contribution < -0.4 is 15.2 Å². The molecular formula is C16H19NO3. The van der Waals surface area contributed by atoms with E-state index in [1.807, 2.05) is 31.2 Å². The summed E-state index contributed by atoms with van der Waals surface area (Å²) in [6.45, 7) is 1.88. The molecule has 0 bridgehead atoms. The van der Waals surface area contributed by atoms with Crippen LogP contribution in [0.5, 0.6) is 17.2 Å². The maximum absolute atomic E-state index is 9.14. The van der Waals surface area contributed by atoms with E-state index in [0.29, 0.717) is 17.2 Å². The van der Waals surface area contributed by atoms with E-state index in [4.69, 9.17) is 20.3 Å². The molecule has 0 fully saturated rings. The Morgan fingerprint density at radius 2 is 1.85 bits per heavy atom. The molecule has 106 valence electrons. The van der Waals surface area contributed by atoms with E-state index in [2.05, 4.69) is 0 Å². The minimum atomic E-state index is -0.117. The van der Waals surface area contributed by atoms with Gasteiger partial charge in [0.2, 0.25) is 0 Å². The molecule has 0 unspecified atom stereocenters. The van der Waals surface area contributed by atoms with Gasteiger partial charge in [0.15, 0.2) is 11.5 Å². The van der Waals surface area contributed by atoms with Crippen molar-refractivity contribution in [2.75, 3.05) is 7.11 Å². The van der Waals surface area contributed by atoms with Crippen molar-refractivity contribution in [3.05, 3.63) is 53.6 Å². The highest BCUT2D eigenvalue weighted by Gasteiger charge is 2.11. The average Bonchev–Trinajstić information content (AvgIpc) is 2.48. The lowest BCUT2D eigenvalue weighted by molar-refractivity contribution is 0.280. The molecule has 0 amide bonds. The number of ether oxygens (including phenoxy) is 2. The lowest BCUT2D eigenvalue weighted by Crippen LogP contribution is -2.06. The fourth-order valence-corrected chi connectivity index (χ4v) is 1.96. The van der Waals surface area contributed by atoms with Gasteiger partial charge in [-0.1, -0.05) is 24.3 Å². The summed E-state index contributed by atoms with van der Waals surface area (Å²) in [6.07, 6.45) is 0. The van der Waals surface area contributed by atoms with Gasteiger partial charge in [-0.2, -0.15) is 0 Å². The number of para-hydroxylation sites is 1. The Labute approximate surface area is 118 Å². The molecule has 0 aliphatic carbocycles. The summed E-state index contributed by atoms with van der Waals surface area (Å²) in [7, 11) is 1.57. The predicted octanol–water partition coefficient (Wildman–Crippen LogP) is 3.00. The van der Waals surface area contributed by atoms with Gasteiger partial charge in [-0.3, -0.25) is 0 Å². The summed E-state index contributed by atoms with van der Waals surface area (Å²) in [5, 5.41) is 9.14. The quantitative estimate of drug-likeness (QED) is 0.879. The van der Waals surface area contributed by atoms with Crippen molar-refractivity contribution < 1.29 is 14.6 Å². The van der Waals surface area contributed by atoms with Gasteiger partial charge in [0.1, 0.15) is 5.75 Å². The van der Waals surface area contributed by atoms with Crippen LogP contribution in [0.4, 0.5) is 0 Å². The lowest BCUT2D eigenvalue weighted by atomic mass is 10.1. The smallest absolute Gasteiger partial charge is 0.169 e. The molecule has 2 aromatic rings. The Balaban J connectivity index is 2.35. The van der Waals surface area contributed by atoms with Gasteiger partial charge in [0, 0.05) is 11.6 Å². The second-order valence-electron chi connectivity index (χ2n) is 4.57. The van der Waals surface area contributed by atoms with Crippen molar-refractivity contribution in [2.24, 2.45) is 5.73 Å². The molecule has 0 radical (unpaired) electrons. The van der Waals surface area contributed by atoms with Crippen LogP contribution in [-0.2, 0) is 6.61 Å². The summed E-state index contributed by atoms with van der Waals surface area (Å²) in [5.74, 6) is 1.88. The topological polar surface area (TPSA) is 64.7 Å². The fraction of sp³-hybridized carbons (Fsp3) is 0.250. The maximum atomic E-state index is 9.14. The first kappa shape index (κ1) is 14.4. The molecule has 3 N–H and O–H groups in total. The molecule has 0 aliphatic rings. The van der Waals surface area contributed by atoms with Gasteiger partial charge >= 0.3 is 0 Å². The largest absolute Gasteiger partial charge is 0.493 e. The standard InChI is InChI=1S/C16H19NO3/c1-11(17)13-5-3-4-6-14(13)20-15-8-7-12(10-18)9-16(15)19-2/h3-9,11,18H,10,17H2,1-2H3/t11-/m0/s1. The Morgan fingerprint density at radius 3 is 2.50 bits per heavy atom. The first-order chi connectivity index (χ1) is 9.65. The number of nitrogens with two attached hydrogens (primary N) is 1. The summed E-state index contributed by atoms with van der Waals surface area (Å²) >= 11 is 0. The fourth-order valence-electron chi connectivity index (χ4n) is 1.96. The van der Waals surface area contributed by atoms with Crippen LogP contribution in [-0.4, -0.2) is 12.2 Å². The van der Waals surface area contributed by atoms with Crippen molar-refractivity contribution in [3.8, 4) is 17.2 Å². The summed E-state index contributed by atoms with van der Waals surface area (Å²) in [5.41, 5.74) is 7.64. The highest BCUT2D eigenvalue weighted by Crippen LogP contribution is 2.35. The van der Waals surface area contributed by atoms with Gasteiger partial charge in [-0.05, 0) is 30.7 Å². The highest BCUT2D eigenvalue weighted by molar-refractivity contribution is 5.47. The van der Waals surface area contributed by atoms with E-state index < -0.39 is 0 Å². The van der Waals surface area contributed by atoms with Crippen LogP contribution >= 0.6 is 0 Å². The van der Waals surface area contributed by atoms with Gasteiger partial charge in [0.25, 0.3) is 0 Å². The molecule has 0 saturated heterocycles. The third-order valence-electron chi connectivity index (χ3n) is 3.04. The second kappa shape index (κ2) is 6.41. The van der Waals surface area contributed by atoms with Crippen LogP contribution in [0.25, 0.3) is 0 Å².